The van der Waals surface area contributed by atoms with Crippen LogP contribution in [0.4, 0.5) is 0 Å². The molecule has 0 amide bonds. The molecule has 0 spiro atoms. The van der Waals surface area contributed by atoms with Crippen LogP contribution in [-0.2, 0) is 0 Å². The molecule has 0 N–H and O–H groups in total. The second kappa shape index (κ2) is 9.24. The number of fused-ring (bicyclic) bond motifs is 1. The summed E-state index contributed by atoms with van der Waals surface area (Å²) in [7, 11) is 0. The first kappa shape index (κ1) is 21.8. The van der Waals surface area contributed by atoms with Gasteiger partial charge in [-0.3, -0.25) is 4.79 Å². The molecule has 148 valence electrons. The van der Waals surface area contributed by atoms with Crippen LogP contribution in [0.5, 0.6) is 5.75 Å². The van der Waals surface area contributed by atoms with Crippen LogP contribution >= 0.6 is 47.8 Å². The predicted octanol–water partition coefficient (Wildman–Crippen LogP) is 5.70. The summed E-state index contributed by atoms with van der Waals surface area (Å²) < 4.78 is 9.13. The maximum Gasteiger partial charge on any atom is 0.282 e. The lowest BCUT2D eigenvalue weighted by Crippen LogP contribution is -2.23. The van der Waals surface area contributed by atoms with E-state index in [4.69, 9.17) is 11.2 Å². The second-order valence-corrected chi connectivity index (χ2v) is 9.08. The molecule has 0 aliphatic heterocycles. The summed E-state index contributed by atoms with van der Waals surface area (Å²) in [5.74, 6) is 3.65. The molecule has 0 radical (unpaired) electrons. The van der Waals surface area contributed by atoms with Crippen molar-refractivity contribution in [2.75, 3.05) is 6.61 Å². The van der Waals surface area contributed by atoms with Crippen LogP contribution < -0.4 is 10.3 Å². The molecule has 8 heteroatoms. The third kappa shape index (κ3) is 4.80. The van der Waals surface area contributed by atoms with Gasteiger partial charge in [0.1, 0.15) is 18.2 Å². The van der Waals surface area contributed by atoms with E-state index < -0.39 is 0 Å². The molecule has 3 rings (SSSR count). The van der Waals surface area contributed by atoms with Crippen molar-refractivity contribution in [1.29, 1.82) is 0 Å². The van der Waals surface area contributed by atoms with Crippen LogP contribution in [0, 0.1) is 12.3 Å². The number of hydrogen-bond donors (Lipinski definition) is 0. The van der Waals surface area contributed by atoms with Crippen molar-refractivity contribution < 1.29 is 4.74 Å². The fourth-order valence-electron chi connectivity index (χ4n) is 2.68. The van der Waals surface area contributed by atoms with Gasteiger partial charge in [-0.2, -0.15) is 9.78 Å². The van der Waals surface area contributed by atoms with Gasteiger partial charge in [0.25, 0.3) is 5.56 Å². The Morgan fingerprint density at radius 2 is 1.93 bits per heavy atom. The maximum absolute atomic E-state index is 13.1. The monoisotopic (exact) mass is 579 g/mol. The van der Waals surface area contributed by atoms with E-state index in [1.54, 1.807) is 12.3 Å². The van der Waals surface area contributed by atoms with E-state index in [0.717, 1.165) is 19.0 Å². The normalized spacial score (nSPS) is 11.3. The molecule has 0 fully saturated rings. The highest BCUT2D eigenvalue weighted by Gasteiger charge is 2.14. The zero-order valence-electron chi connectivity index (χ0n) is 15.6. The van der Waals surface area contributed by atoms with E-state index in [-0.39, 0.29) is 18.1 Å². The lowest BCUT2D eigenvalue weighted by molar-refractivity contribution is 0.365. The first-order chi connectivity index (χ1) is 13.8. The predicted molar refractivity (Wildman–Crippen MR) is 127 cm³/mol. The molecule has 0 aliphatic rings. The number of aromatic nitrogens is 2. The number of terminal acetylenes is 1. The van der Waals surface area contributed by atoms with Gasteiger partial charge in [0.2, 0.25) is 0 Å². The minimum Gasteiger partial charge on any atom is -0.479 e. The lowest BCUT2D eigenvalue weighted by atomic mass is 10.2. The molecule has 1 heterocycles. The highest BCUT2D eigenvalue weighted by molar-refractivity contribution is 9.11. The molecule has 5 nitrogen and oxygen atoms in total. The zero-order valence-corrected chi connectivity index (χ0v) is 20.4. The summed E-state index contributed by atoms with van der Waals surface area (Å²) in [5.41, 5.74) is 1.20. The van der Waals surface area contributed by atoms with E-state index in [9.17, 15) is 4.79 Å². The van der Waals surface area contributed by atoms with Crippen molar-refractivity contribution >= 4 is 64.9 Å². The van der Waals surface area contributed by atoms with Crippen molar-refractivity contribution in [3.63, 3.8) is 0 Å². The van der Waals surface area contributed by atoms with Crippen molar-refractivity contribution in [2.24, 2.45) is 5.10 Å². The molecule has 29 heavy (non-hydrogen) atoms. The van der Waals surface area contributed by atoms with E-state index in [2.05, 4.69) is 63.8 Å². The molecule has 0 atom stereocenters. The van der Waals surface area contributed by atoms with E-state index in [0.29, 0.717) is 22.5 Å². The van der Waals surface area contributed by atoms with Crippen LogP contribution in [0.15, 0.2) is 53.6 Å². The molecule has 0 saturated heterocycles. The quantitative estimate of drug-likeness (QED) is 0.287. The van der Waals surface area contributed by atoms with E-state index >= 15 is 0 Å². The first-order valence-electron chi connectivity index (χ1n) is 8.63. The summed E-state index contributed by atoms with van der Waals surface area (Å²) in [5, 5.41) is 4.94. The fraction of sp³-hybridized carbons (Fsp3) is 0.190. The van der Waals surface area contributed by atoms with Gasteiger partial charge in [-0.15, -0.1) is 6.42 Å². The largest absolute Gasteiger partial charge is 0.479 e. The van der Waals surface area contributed by atoms with Gasteiger partial charge in [0.05, 0.1) is 26.1 Å². The smallest absolute Gasteiger partial charge is 0.282 e. The minimum atomic E-state index is -0.219. The average molecular weight is 582 g/mol. The summed E-state index contributed by atoms with van der Waals surface area (Å²) in [4.78, 5) is 17.7. The average Bonchev–Trinajstić information content (AvgIpc) is 2.67. The van der Waals surface area contributed by atoms with Crippen LogP contribution in [0.2, 0.25) is 0 Å². The Hall–Kier alpha value is -1.95. The highest BCUT2D eigenvalue weighted by Crippen LogP contribution is 2.34. The Balaban J connectivity index is 2.09. The minimum absolute atomic E-state index is 0.0194. The number of rotatable bonds is 5. The van der Waals surface area contributed by atoms with Gasteiger partial charge < -0.3 is 4.74 Å². The van der Waals surface area contributed by atoms with Gasteiger partial charge in [0.15, 0.2) is 0 Å². The molecular weight excluding hydrogens is 566 g/mol. The summed E-state index contributed by atoms with van der Waals surface area (Å²) in [6.07, 6.45) is 6.86. The van der Waals surface area contributed by atoms with Gasteiger partial charge in [-0.05, 0) is 67.8 Å². The van der Waals surface area contributed by atoms with Gasteiger partial charge in [-0.25, -0.2) is 4.98 Å². The Labute approximate surface area is 193 Å². The number of ether oxygens (including phenoxy) is 1. The van der Waals surface area contributed by atoms with Crippen molar-refractivity contribution in [1.82, 2.24) is 9.66 Å². The standard InChI is InChI=1S/C21H16Br3N3O2/c1-4-7-29-19-16(23)8-13(9-17(19)24)11-25-27-20(12(2)3)26-18-6-5-14(22)10-15(18)21(27)28/h1,5-6,8-12H,7H2,2-3H3. The molecule has 3 aromatic rings. The Bertz CT molecular complexity index is 1190. The third-order valence-electron chi connectivity index (χ3n) is 3.99. The van der Waals surface area contributed by atoms with E-state index in [1.807, 2.05) is 38.1 Å². The van der Waals surface area contributed by atoms with Crippen LogP contribution in [0.25, 0.3) is 10.9 Å². The molecule has 0 bridgehead atoms. The molecular formula is C21H16Br3N3O2. The first-order valence-corrected chi connectivity index (χ1v) is 11.0. The molecule has 0 saturated carbocycles. The highest BCUT2D eigenvalue weighted by atomic mass is 79.9. The lowest BCUT2D eigenvalue weighted by Gasteiger charge is -2.12. The van der Waals surface area contributed by atoms with Crippen molar-refractivity contribution in [3.8, 4) is 18.1 Å². The number of nitrogens with zero attached hydrogens (tertiary/aromatic N) is 3. The van der Waals surface area contributed by atoms with Crippen LogP contribution in [0.1, 0.15) is 31.2 Å². The molecule has 0 aliphatic carbocycles. The Kier molecular flexibility index (Phi) is 6.93. The van der Waals surface area contributed by atoms with Gasteiger partial charge in [0, 0.05) is 10.4 Å². The van der Waals surface area contributed by atoms with Crippen molar-refractivity contribution in [3.05, 3.63) is 65.5 Å². The summed E-state index contributed by atoms with van der Waals surface area (Å²) in [6.45, 7) is 4.11. The van der Waals surface area contributed by atoms with Gasteiger partial charge >= 0.3 is 0 Å². The Morgan fingerprint density at radius 3 is 2.55 bits per heavy atom. The zero-order chi connectivity index (χ0) is 21.1. The molecule has 0 unspecified atom stereocenters. The Morgan fingerprint density at radius 1 is 1.24 bits per heavy atom. The van der Waals surface area contributed by atoms with E-state index in [1.165, 1.54) is 4.68 Å². The maximum atomic E-state index is 13.1. The van der Waals surface area contributed by atoms with Gasteiger partial charge in [-0.1, -0.05) is 35.7 Å². The molecule has 2 aromatic carbocycles. The summed E-state index contributed by atoms with van der Waals surface area (Å²) in [6, 6.07) is 9.12. The number of benzene rings is 2. The SMILES string of the molecule is C#CCOc1c(Br)cc(C=Nn2c(C(C)C)nc3ccc(Br)cc3c2=O)cc1Br. The molecule has 1 aromatic heterocycles. The van der Waals surface area contributed by atoms with Crippen LogP contribution in [0.3, 0.4) is 0 Å². The number of hydrogen-bond acceptors (Lipinski definition) is 4. The van der Waals surface area contributed by atoms with Crippen LogP contribution in [-0.4, -0.2) is 22.5 Å². The third-order valence-corrected chi connectivity index (χ3v) is 5.66. The van der Waals surface area contributed by atoms with Crippen molar-refractivity contribution in [2.45, 2.75) is 19.8 Å². The fourth-order valence-corrected chi connectivity index (χ4v) is 4.49. The topological polar surface area (TPSA) is 56.5 Å². The summed E-state index contributed by atoms with van der Waals surface area (Å²) >= 11 is 10.4. The number of halogens is 3. The second-order valence-electron chi connectivity index (χ2n) is 6.45.